The van der Waals surface area contributed by atoms with Gasteiger partial charge in [-0.3, -0.25) is 0 Å². The van der Waals surface area contributed by atoms with Gasteiger partial charge in [-0.25, -0.2) is 5.32 Å². The maximum absolute atomic E-state index is 12.7. The summed E-state index contributed by atoms with van der Waals surface area (Å²) in [7, 11) is 0. The average molecular weight is 499 g/mol. The van der Waals surface area contributed by atoms with Crippen molar-refractivity contribution in [2.24, 2.45) is 0 Å². The highest BCUT2D eigenvalue weighted by molar-refractivity contribution is 5.91. The van der Waals surface area contributed by atoms with E-state index in [0.29, 0.717) is 13.1 Å². The number of unbranched alkanes of at least 4 members (excludes halogenated alkanes) is 9. The van der Waals surface area contributed by atoms with E-state index in [0.717, 1.165) is 52.8 Å². The van der Waals surface area contributed by atoms with Crippen molar-refractivity contribution in [1.82, 2.24) is 5.32 Å². The van der Waals surface area contributed by atoms with Gasteiger partial charge in [-0.2, -0.15) is 13.2 Å². The predicted octanol–water partition coefficient (Wildman–Crippen LogP) is 9.46. The van der Waals surface area contributed by atoms with Crippen LogP contribution in [0.3, 0.4) is 0 Å². The first kappa shape index (κ1) is 28.0. The van der Waals surface area contributed by atoms with Gasteiger partial charge in [-0.1, -0.05) is 107 Å². The van der Waals surface area contributed by atoms with Crippen molar-refractivity contribution in [2.75, 3.05) is 6.61 Å². The van der Waals surface area contributed by atoms with Gasteiger partial charge >= 0.3 is 6.18 Å². The molecule has 0 amide bonds. The number of alkyl halides is 3. The van der Waals surface area contributed by atoms with Crippen LogP contribution in [-0.4, -0.2) is 6.61 Å². The smallest absolute Gasteiger partial charge is 0.416 e. The fraction of sp³-hybridized carbons (Fsp3) is 0.484. The molecule has 195 valence electrons. The van der Waals surface area contributed by atoms with Gasteiger partial charge in [0, 0.05) is 18.5 Å². The molecule has 0 unspecified atom stereocenters. The monoisotopic (exact) mass is 498 g/mol. The Morgan fingerprint density at radius 3 is 1.92 bits per heavy atom. The van der Waals surface area contributed by atoms with Crippen molar-refractivity contribution in [1.29, 1.82) is 0 Å². The van der Waals surface area contributed by atoms with Crippen LogP contribution in [-0.2, 0) is 19.3 Å². The summed E-state index contributed by atoms with van der Waals surface area (Å²) in [5, 5.41) is 6.77. The predicted molar refractivity (Wildman–Crippen MR) is 142 cm³/mol. The van der Waals surface area contributed by atoms with Crippen LogP contribution in [0.2, 0.25) is 0 Å². The molecule has 0 atom stereocenters. The number of fused-ring (bicyclic) bond motifs is 1. The molecule has 0 saturated heterocycles. The first-order valence-electron chi connectivity index (χ1n) is 13.4. The van der Waals surface area contributed by atoms with E-state index in [2.05, 4.69) is 24.4 Å². The molecule has 0 aliphatic carbocycles. The minimum Gasteiger partial charge on any atom is -0.493 e. The normalized spacial score (nSPS) is 11.8. The molecule has 0 heterocycles. The molecule has 3 aromatic carbocycles. The summed E-state index contributed by atoms with van der Waals surface area (Å²) in [6.07, 6.45) is 8.69. The zero-order chi connectivity index (χ0) is 25.6. The number of ether oxygens (including phenoxy) is 1. The number of hydrogen-bond donors (Lipinski definition) is 0. The Bertz CT molecular complexity index is 1030. The maximum Gasteiger partial charge on any atom is 0.416 e. The molecule has 0 N–H and O–H groups in total. The molecule has 0 saturated carbocycles. The lowest BCUT2D eigenvalue weighted by molar-refractivity contribution is -0.137. The molecule has 0 aromatic heterocycles. The van der Waals surface area contributed by atoms with Gasteiger partial charge in [-0.05, 0) is 41.1 Å². The third-order valence-electron chi connectivity index (χ3n) is 6.59. The number of halogens is 3. The lowest BCUT2D eigenvalue weighted by Gasteiger charge is -2.13. The van der Waals surface area contributed by atoms with Crippen LogP contribution in [0.5, 0.6) is 5.75 Å². The van der Waals surface area contributed by atoms with E-state index < -0.39 is 11.7 Å². The van der Waals surface area contributed by atoms with Crippen molar-refractivity contribution in [2.45, 2.75) is 90.4 Å². The standard InChI is InChI=1S/C31H39F3NO/c1-2-3-4-5-6-7-8-9-10-13-22-36-30-21-18-26(28-14-11-12-15-29(28)30)24-35-23-25-16-19-27(20-17-25)31(32,33)34/h11-12,14-21H,2-10,13,22-24H2,1H3. The van der Waals surface area contributed by atoms with Crippen LogP contribution in [0.15, 0.2) is 60.7 Å². The van der Waals surface area contributed by atoms with E-state index in [4.69, 9.17) is 4.74 Å². The van der Waals surface area contributed by atoms with Crippen LogP contribution in [0, 0.1) is 0 Å². The lowest BCUT2D eigenvalue weighted by atomic mass is 10.0. The SMILES string of the molecule is CCCCCCCCCCCCOc1ccc(C[N]Cc2ccc(C(F)(F)F)cc2)c2ccccc12. The molecule has 36 heavy (non-hydrogen) atoms. The summed E-state index contributed by atoms with van der Waals surface area (Å²) in [5.41, 5.74) is 1.22. The van der Waals surface area contributed by atoms with Gasteiger partial charge in [0.2, 0.25) is 0 Å². The summed E-state index contributed by atoms with van der Waals surface area (Å²) in [6, 6.07) is 17.4. The highest BCUT2D eigenvalue weighted by Gasteiger charge is 2.29. The van der Waals surface area contributed by atoms with Crippen molar-refractivity contribution in [3.63, 3.8) is 0 Å². The van der Waals surface area contributed by atoms with Gasteiger partial charge in [0.05, 0.1) is 12.2 Å². The summed E-state index contributed by atoms with van der Waals surface area (Å²) in [6.45, 7) is 3.85. The van der Waals surface area contributed by atoms with Gasteiger partial charge in [0.25, 0.3) is 0 Å². The average Bonchev–Trinajstić information content (AvgIpc) is 2.88. The second-order valence-electron chi connectivity index (χ2n) is 9.53. The molecule has 0 spiro atoms. The third kappa shape index (κ3) is 9.16. The molecule has 5 heteroatoms. The minimum absolute atomic E-state index is 0.378. The highest BCUT2D eigenvalue weighted by atomic mass is 19.4. The van der Waals surface area contributed by atoms with E-state index in [9.17, 15) is 13.2 Å². The number of benzene rings is 3. The first-order valence-corrected chi connectivity index (χ1v) is 13.4. The quantitative estimate of drug-likeness (QED) is 0.180. The van der Waals surface area contributed by atoms with Crippen molar-refractivity contribution in [3.8, 4) is 5.75 Å². The Labute approximate surface area is 214 Å². The Morgan fingerprint density at radius 1 is 0.667 bits per heavy atom. The second kappa shape index (κ2) is 14.9. The molecule has 0 bridgehead atoms. The van der Waals surface area contributed by atoms with Crippen LogP contribution in [0.25, 0.3) is 10.8 Å². The van der Waals surface area contributed by atoms with Crippen LogP contribution < -0.4 is 10.1 Å². The van der Waals surface area contributed by atoms with E-state index in [1.807, 2.05) is 24.3 Å². The second-order valence-corrected chi connectivity index (χ2v) is 9.53. The molecular weight excluding hydrogens is 459 g/mol. The lowest BCUT2D eigenvalue weighted by Crippen LogP contribution is -2.07. The van der Waals surface area contributed by atoms with Crippen molar-refractivity contribution in [3.05, 3.63) is 77.4 Å². The molecule has 0 aliphatic rings. The van der Waals surface area contributed by atoms with E-state index in [1.165, 1.54) is 69.9 Å². The van der Waals surface area contributed by atoms with Gasteiger partial charge in [0.1, 0.15) is 5.75 Å². The Hall–Kier alpha value is -2.53. The Balaban J connectivity index is 1.43. The van der Waals surface area contributed by atoms with E-state index >= 15 is 0 Å². The van der Waals surface area contributed by atoms with Gasteiger partial charge in [-0.15, -0.1) is 0 Å². The molecule has 2 nitrogen and oxygen atoms in total. The zero-order valence-corrected chi connectivity index (χ0v) is 21.5. The van der Waals surface area contributed by atoms with Gasteiger partial charge < -0.3 is 4.74 Å². The summed E-state index contributed by atoms with van der Waals surface area (Å²) < 4.78 is 44.4. The minimum atomic E-state index is -4.31. The number of hydrogen-bond acceptors (Lipinski definition) is 1. The summed E-state index contributed by atoms with van der Waals surface area (Å²) >= 11 is 0. The number of rotatable bonds is 16. The van der Waals surface area contributed by atoms with Crippen molar-refractivity contribution < 1.29 is 17.9 Å². The molecular formula is C31H39F3NO. The Kier molecular flexibility index (Phi) is 11.6. The molecule has 0 aliphatic heterocycles. The molecule has 3 rings (SSSR count). The maximum atomic E-state index is 12.7. The number of nitrogens with zero attached hydrogens (tertiary/aromatic N) is 1. The topological polar surface area (TPSA) is 23.3 Å². The van der Waals surface area contributed by atoms with Gasteiger partial charge in [0.15, 0.2) is 0 Å². The summed E-state index contributed by atoms with van der Waals surface area (Å²) in [4.78, 5) is 0. The fourth-order valence-electron chi connectivity index (χ4n) is 4.47. The fourth-order valence-corrected chi connectivity index (χ4v) is 4.47. The highest BCUT2D eigenvalue weighted by Crippen LogP contribution is 2.30. The summed E-state index contributed by atoms with van der Waals surface area (Å²) in [5.74, 6) is 0.896. The largest absolute Gasteiger partial charge is 0.493 e. The molecule has 3 aromatic rings. The molecule has 0 fully saturated rings. The van der Waals surface area contributed by atoms with Crippen LogP contribution in [0.4, 0.5) is 13.2 Å². The molecule has 1 radical (unpaired) electrons. The first-order chi connectivity index (χ1) is 17.5. The van der Waals surface area contributed by atoms with E-state index in [1.54, 1.807) is 0 Å². The zero-order valence-electron chi connectivity index (χ0n) is 21.5. The van der Waals surface area contributed by atoms with Crippen molar-refractivity contribution >= 4 is 10.8 Å². The Morgan fingerprint density at radius 2 is 1.28 bits per heavy atom. The van der Waals surface area contributed by atoms with Crippen LogP contribution >= 0.6 is 0 Å². The van der Waals surface area contributed by atoms with E-state index in [-0.39, 0.29) is 0 Å². The van der Waals surface area contributed by atoms with Crippen LogP contribution in [0.1, 0.15) is 87.8 Å². The third-order valence-corrected chi connectivity index (χ3v) is 6.59.